The predicted octanol–water partition coefficient (Wildman–Crippen LogP) is -0.660. The van der Waals surface area contributed by atoms with Crippen LogP contribution in [0.2, 0.25) is 0 Å². The van der Waals surface area contributed by atoms with Crippen molar-refractivity contribution in [2.45, 2.75) is 52.0 Å². The first kappa shape index (κ1) is 18.5. The van der Waals surface area contributed by atoms with Gasteiger partial charge in [-0.15, -0.1) is 0 Å². The fourth-order valence-electron chi connectivity index (χ4n) is 3.82. The van der Waals surface area contributed by atoms with Gasteiger partial charge in [-0.05, 0) is 25.2 Å². The molecule has 0 aromatic heterocycles. The van der Waals surface area contributed by atoms with Crippen LogP contribution in [-0.4, -0.2) is 36.2 Å². The van der Waals surface area contributed by atoms with Crippen LogP contribution >= 0.6 is 0 Å². The molecule has 2 atom stereocenters. The fourth-order valence-corrected chi connectivity index (χ4v) is 4.31. The van der Waals surface area contributed by atoms with Gasteiger partial charge in [0.15, 0.2) is 0 Å². The molecule has 1 aliphatic heterocycles. The number of fused-ring (bicyclic) bond motifs is 1. The summed E-state index contributed by atoms with van der Waals surface area (Å²) >= 11 is 0. The van der Waals surface area contributed by atoms with Crippen molar-refractivity contribution in [1.82, 2.24) is 4.90 Å². The van der Waals surface area contributed by atoms with Crippen LogP contribution in [-0.2, 0) is 10.1 Å². The Hall–Kier alpha value is 0.450. The molecular weight excluding hydrogens is 285 g/mol. The second-order valence-electron chi connectivity index (χ2n) is 6.44. The number of allylic oxidation sites excluding steroid dienone is 1. The van der Waals surface area contributed by atoms with Crippen LogP contribution < -0.4 is 29.6 Å². The normalized spacial score (nSPS) is 28.9. The zero-order valence-corrected chi connectivity index (χ0v) is 15.7. The van der Waals surface area contributed by atoms with Crippen molar-refractivity contribution in [3.63, 3.8) is 0 Å². The van der Waals surface area contributed by atoms with Crippen LogP contribution in [0.1, 0.15) is 46.0 Å². The van der Waals surface area contributed by atoms with E-state index in [1.165, 1.54) is 19.3 Å². The summed E-state index contributed by atoms with van der Waals surface area (Å²) in [5, 5.41) is 0. The summed E-state index contributed by atoms with van der Waals surface area (Å²) in [6, 6.07) is 0.491. The number of hydrogen-bond donors (Lipinski definition) is 0. The van der Waals surface area contributed by atoms with Gasteiger partial charge in [0.2, 0.25) is 0 Å². The molecule has 2 unspecified atom stereocenters. The first-order valence-corrected chi connectivity index (χ1v) is 8.71. The van der Waals surface area contributed by atoms with Crippen molar-refractivity contribution in [1.29, 1.82) is 0 Å². The van der Waals surface area contributed by atoms with E-state index in [1.54, 1.807) is 0 Å². The van der Waals surface area contributed by atoms with Crippen molar-refractivity contribution in [2.24, 2.45) is 11.3 Å². The third-order valence-corrected chi connectivity index (χ3v) is 5.73. The minimum atomic E-state index is -4.10. The Morgan fingerprint density at radius 1 is 1.35 bits per heavy atom. The van der Waals surface area contributed by atoms with Gasteiger partial charge >= 0.3 is 29.6 Å². The molecule has 6 heteroatoms. The first-order chi connectivity index (χ1) is 8.73. The minimum absolute atomic E-state index is 0. The van der Waals surface area contributed by atoms with Gasteiger partial charge in [0.25, 0.3) is 0 Å². The molecule has 20 heavy (non-hydrogen) atoms. The number of hydrogen-bond acceptors (Lipinski definition) is 4. The fraction of sp³-hybridized carbons (Fsp3) is 0.857. The zero-order chi connectivity index (χ0) is 14.3. The van der Waals surface area contributed by atoms with Crippen LogP contribution in [0.25, 0.3) is 0 Å². The van der Waals surface area contributed by atoms with Crippen LogP contribution in [0.15, 0.2) is 12.3 Å². The monoisotopic (exact) mass is 309 g/mol. The molecule has 0 aromatic carbocycles. The van der Waals surface area contributed by atoms with E-state index in [0.717, 1.165) is 12.1 Å². The summed E-state index contributed by atoms with van der Waals surface area (Å²) in [6.45, 7) is 9.35. The van der Waals surface area contributed by atoms with E-state index in [2.05, 4.69) is 25.3 Å². The van der Waals surface area contributed by atoms with Crippen molar-refractivity contribution >= 4 is 10.1 Å². The third-order valence-electron chi connectivity index (χ3n) is 4.94. The summed E-state index contributed by atoms with van der Waals surface area (Å²) in [5.41, 5.74) is 1.22. The molecule has 2 aliphatic rings. The molecule has 0 radical (unpaired) electrons. The van der Waals surface area contributed by atoms with Crippen molar-refractivity contribution in [3.05, 3.63) is 12.3 Å². The molecule has 0 amide bonds. The van der Waals surface area contributed by atoms with Gasteiger partial charge in [-0.25, -0.2) is 8.42 Å². The molecule has 0 bridgehead atoms. The van der Waals surface area contributed by atoms with Gasteiger partial charge in [-0.1, -0.05) is 33.3 Å². The Bertz CT molecular complexity index is 461. The summed E-state index contributed by atoms with van der Waals surface area (Å²) in [7, 11) is -4.10. The molecule has 2 fully saturated rings. The molecule has 110 valence electrons. The van der Waals surface area contributed by atoms with E-state index >= 15 is 0 Å². The largest absolute Gasteiger partial charge is 1.00 e. The molecule has 1 saturated carbocycles. The SMILES string of the molecule is C=C1N(CCCS(=O)(=O)[O-])C2CCCCC2C1(C)C.[Na+]. The van der Waals surface area contributed by atoms with Crippen LogP contribution in [0, 0.1) is 11.3 Å². The minimum Gasteiger partial charge on any atom is -0.748 e. The first-order valence-electron chi connectivity index (χ1n) is 7.13. The molecule has 2 rings (SSSR count). The van der Waals surface area contributed by atoms with E-state index < -0.39 is 10.1 Å². The molecule has 1 aliphatic carbocycles. The maximum absolute atomic E-state index is 10.7. The topological polar surface area (TPSA) is 60.4 Å². The Kier molecular flexibility index (Phi) is 6.19. The van der Waals surface area contributed by atoms with Crippen molar-refractivity contribution < 1.29 is 42.5 Å². The van der Waals surface area contributed by atoms with E-state index in [4.69, 9.17) is 0 Å². The Labute approximate surface area is 145 Å². The Morgan fingerprint density at radius 2 is 1.95 bits per heavy atom. The average Bonchev–Trinajstić information content (AvgIpc) is 2.50. The van der Waals surface area contributed by atoms with Gasteiger partial charge in [-0.2, -0.15) is 0 Å². The van der Waals surface area contributed by atoms with Crippen molar-refractivity contribution in [3.8, 4) is 0 Å². The van der Waals surface area contributed by atoms with Gasteiger partial charge in [0.1, 0.15) is 0 Å². The number of rotatable bonds is 4. The molecule has 0 spiro atoms. The smallest absolute Gasteiger partial charge is 0.748 e. The quantitative estimate of drug-likeness (QED) is 0.511. The van der Waals surface area contributed by atoms with Crippen LogP contribution in [0.5, 0.6) is 0 Å². The summed E-state index contributed by atoms with van der Waals surface area (Å²) in [6.07, 6.45) is 5.32. The molecule has 0 aromatic rings. The van der Waals surface area contributed by atoms with E-state index in [-0.39, 0.29) is 40.7 Å². The van der Waals surface area contributed by atoms with E-state index in [9.17, 15) is 13.0 Å². The molecule has 1 saturated heterocycles. The maximum atomic E-state index is 10.7. The molecule has 4 nitrogen and oxygen atoms in total. The average molecular weight is 309 g/mol. The summed E-state index contributed by atoms with van der Waals surface area (Å²) < 4.78 is 32.1. The summed E-state index contributed by atoms with van der Waals surface area (Å²) in [4.78, 5) is 2.27. The Morgan fingerprint density at radius 3 is 2.55 bits per heavy atom. The van der Waals surface area contributed by atoms with E-state index in [0.29, 0.717) is 24.9 Å². The second kappa shape index (κ2) is 6.69. The van der Waals surface area contributed by atoms with Crippen molar-refractivity contribution in [2.75, 3.05) is 12.3 Å². The van der Waals surface area contributed by atoms with E-state index in [1.807, 2.05) is 0 Å². The third kappa shape index (κ3) is 3.80. The second-order valence-corrected chi connectivity index (χ2v) is 7.96. The molecule has 0 N–H and O–H groups in total. The predicted molar refractivity (Wildman–Crippen MR) is 74.6 cm³/mol. The maximum Gasteiger partial charge on any atom is 1.00 e. The van der Waals surface area contributed by atoms with Gasteiger partial charge < -0.3 is 9.45 Å². The van der Waals surface area contributed by atoms with Gasteiger partial charge in [0.05, 0.1) is 10.1 Å². The van der Waals surface area contributed by atoms with Gasteiger partial charge in [-0.3, -0.25) is 0 Å². The standard InChI is InChI=1S/C14H25NO3S.Na/c1-11-14(2,3)12-7-4-5-8-13(12)15(11)9-6-10-19(16,17)18;/h12-13H,1,4-10H2,2-3H3,(H,16,17,18);/q;+1/p-1. The molecular formula is C14H24NNaO3S. The number of nitrogens with zero attached hydrogens (tertiary/aromatic N) is 1. The number of likely N-dealkylation sites (tertiary alicyclic amines) is 1. The summed E-state index contributed by atoms with van der Waals surface area (Å²) in [5.74, 6) is 0.354. The zero-order valence-electron chi connectivity index (χ0n) is 12.9. The van der Waals surface area contributed by atoms with Gasteiger partial charge in [0, 0.05) is 29.5 Å². The van der Waals surface area contributed by atoms with Crippen LogP contribution in [0.3, 0.4) is 0 Å². The Balaban J connectivity index is 0.00000200. The van der Waals surface area contributed by atoms with Crippen LogP contribution in [0.4, 0.5) is 0 Å². The molecule has 1 heterocycles.